The van der Waals surface area contributed by atoms with E-state index in [1.807, 2.05) is 0 Å². The van der Waals surface area contributed by atoms with Gasteiger partial charge < -0.3 is 5.32 Å². The summed E-state index contributed by atoms with van der Waals surface area (Å²) in [6, 6.07) is 0. The third-order valence-corrected chi connectivity index (χ3v) is 4.15. The maximum absolute atomic E-state index is 3.63. The summed E-state index contributed by atoms with van der Waals surface area (Å²) in [6.45, 7) is 7.04. The summed E-state index contributed by atoms with van der Waals surface area (Å²) in [5, 5.41) is 3.63. The van der Waals surface area contributed by atoms with Gasteiger partial charge in [0.1, 0.15) is 0 Å². The Kier molecular flexibility index (Phi) is 7.11. The zero-order chi connectivity index (χ0) is 11.7. The second kappa shape index (κ2) is 8.11. The van der Waals surface area contributed by atoms with E-state index in [0.29, 0.717) is 5.41 Å². The molecule has 0 bridgehead atoms. The maximum Gasteiger partial charge on any atom is 0.000780 e. The van der Waals surface area contributed by atoms with Crippen molar-refractivity contribution in [2.24, 2.45) is 5.41 Å². The molecule has 0 aromatic rings. The molecule has 0 heterocycles. The monoisotopic (exact) mass is 225 g/mol. The second-order valence-corrected chi connectivity index (χ2v) is 5.69. The van der Waals surface area contributed by atoms with Gasteiger partial charge >= 0.3 is 0 Å². The fourth-order valence-corrected chi connectivity index (χ4v) is 2.83. The molecule has 0 radical (unpaired) electrons. The third-order valence-electron chi connectivity index (χ3n) is 4.15. The van der Waals surface area contributed by atoms with Crippen LogP contribution in [0.1, 0.15) is 78.1 Å². The van der Waals surface area contributed by atoms with Crippen molar-refractivity contribution in [1.29, 1.82) is 0 Å². The van der Waals surface area contributed by atoms with Crippen LogP contribution in [0, 0.1) is 5.41 Å². The molecule has 0 aromatic heterocycles. The van der Waals surface area contributed by atoms with Crippen LogP contribution in [-0.4, -0.2) is 13.1 Å². The Morgan fingerprint density at radius 1 is 0.938 bits per heavy atom. The zero-order valence-electron chi connectivity index (χ0n) is 11.5. The van der Waals surface area contributed by atoms with E-state index in [2.05, 4.69) is 19.2 Å². The highest BCUT2D eigenvalue weighted by Crippen LogP contribution is 2.44. The summed E-state index contributed by atoms with van der Waals surface area (Å²) in [4.78, 5) is 0. The fraction of sp³-hybridized carbons (Fsp3) is 1.00. The molecule has 0 aliphatic heterocycles. The minimum atomic E-state index is 0.710. The van der Waals surface area contributed by atoms with Gasteiger partial charge in [0.05, 0.1) is 0 Å². The van der Waals surface area contributed by atoms with Gasteiger partial charge in [0.15, 0.2) is 0 Å². The van der Waals surface area contributed by atoms with Crippen molar-refractivity contribution in [2.45, 2.75) is 78.1 Å². The zero-order valence-corrected chi connectivity index (χ0v) is 11.5. The molecule has 1 aliphatic carbocycles. The quantitative estimate of drug-likeness (QED) is 0.539. The summed E-state index contributed by atoms with van der Waals surface area (Å²) >= 11 is 0. The van der Waals surface area contributed by atoms with Gasteiger partial charge in [-0.3, -0.25) is 0 Å². The second-order valence-electron chi connectivity index (χ2n) is 5.69. The van der Waals surface area contributed by atoms with Crippen LogP contribution >= 0.6 is 0 Å². The third kappa shape index (κ3) is 4.86. The van der Waals surface area contributed by atoms with Crippen LogP contribution in [0.5, 0.6) is 0 Å². The lowest BCUT2D eigenvalue weighted by Crippen LogP contribution is -2.40. The Labute approximate surface area is 102 Å². The van der Waals surface area contributed by atoms with E-state index in [-0.39, 0.29) is 0 Å². The molecule has 0 atom stereocenters. The minimum Gasteiger partial charge on any atom is -0.316 e. The molecule has 1 saturated carbocycles. The molecule has 0 saturated heterocycles. The van der Waals surface area contributed by atoms with Crippen molar-refractivity contribution in [3.8, 4) is 0 Å². The van der Waals surface area contributed by atoms with Gasteiger partial charge in [-0.05, 0) is 37.6 Å². The number of hydrogen-bond acceptors (Lipinski definition) is 1. The summed E-state index contributed by atoms with van der Waals surface area (Å²) < 4.78 is 0. The largest absolute Gasteiger partial charge is 0.316 e. The van der Waals surface area contributed by atoms with E-state index < -0.39 is 0 Å². The first-order valence-corrected chi connectivity index (χ1v) is 7.54. The number of unbranched alkanes of at least 4 members (excludes halogenated alkanes) is 4. The predicted molar refractivity (Wildman–Crippen MR) is 72.8 cm³/mol. The highest BCUT2D eigenvalue weighted by Gasteiger charge is 2.35. The van der Waals surface area contributed by atoms with Crippen molar-refractivity contribution in [2.75, 3.05) is 13.1 Å². The van der Waals surface area contributed by atoms with E-state index in [0.717, 1.165) is 0 Å². The lowest BCUT2D eigenvalue weighted by atomic mass is 9.66. The molecule has 1 aliphatic rings. The molecule has 0 amide bonds. The number of rotatable bonds is 10. The van der Waals surface area contributed by atoms with E-state index >= 15 is 0 Å². The van der Waals surface area contributed by atoms with Gasteiger partial charge in [0.25, 0.3) is 0 Å². The van der Waals surface area contributed by atoms with Gasteiger partial charge in [0, 0.05) is 6.54 Å². The van der Waals surface area contributed by atoms with Gasteiger partial charge in [-0.15, -0.1) is 0 Å². The summed E-state index contributed by atoms with van der Waals surface area (Å²) in [5.74, 6) is 0. The normalized spacial score (nSPS) is 18.4. The topological polar surface area (TPSA) is 12.0 Å². The van der Waals surface area contributed by atoms with E-state index in [4.69, 9.17) is 0 Å². The highest BCUT2D eigenvalue weighted by molar-refractivity contribution is 4.89. The van der Waals surface area contributed by atoms with Gasteiger partial charge in [-0.25, -0.2) is 0 Å². The average Bonchev–Trinajstić information content (AvgIpc) is 2.24. The molecular formula is C15H31N. The fourth-order valence-electron chi connectivity index (χ4n) is 2.83. The average molecular weight is 225 g/mol. The van der Waals surface area contributed by atoms with Crippen molar-refractivity contribution < 1.29 is 0 Å². The lowest BCUT2D eigenvalue weighted by molar-refractivity contribution is 0.113. The van der Waals surface area contributed by atoms with Gasteiger partial charge in [0.2, 0.25) is 0 Å². The number of hydrogen-bond donors (Lipinski definition) is 1. The Morgan fingerprint density at radius 3 is 2.25 bits per heavy atom. The Balaban J connectivity index is 2.05. The Bertz CT molecular complexity index is 161. The van der Waals surface area contributed by atoms with Crippen LogP contribution in [0.2, 0.25) is 0 Å². The first kappa shape index (κ1) is 14.0. The standard InChI is InChI=1S/C15H31N/c1-3-5-6-7-8-10-15(11-9-12-15)14-16-13-4-2/h16H,3-14H2,1-2H3. The lowest BCUT2D eigenvalue weighted by Gasteiger charge is -2.42. The molecule has 0 spiro atoms. The number of nitrogens with one attached hydrogen (secondary N) is 1. The molecule has 1 rings (SSSR count). The van der Waals surface area contributed by atoms with Crippen molar-refractivity contribution in [1.82, 2.24) is 5.32 Å². The summed E-state index contributed by atoms with van der Waals surface area (Å²) in [5.41, 5.74) is 0.710. The van der Waals surface area contributed by atoms with E-state index in [9.17, 15) is 0 Å². The molecule has 1 heteroatoms. The van der Waals surface area contributed by atoms with Crippen LogP contribution in [0.15, 0.2) is 0 Å². The van der Waals surface area contributed by atoms with E-state index in [1.54, 1.807) is 0 Å². The minimum absolute atomic E-state index is 0.710. The van der Waals surface area contributed by atoms with Crippen LogP contribution in [0.4, 0.5) is 0 Å². The first-order chi connectivity index (χ1) is 7.83. The van der Waals surface area contributed by atoms with Gasteiger partial charge in [-0.2, -0.15) is 0 Å². The molecule has 96 valence electrons. The predicted octanol–water partition coefficient (Wildman–Crippen LogP) is 4.52. The highest BCUT2D eigenvalue weighted by atomic mass is 14.9. The molecule has 1 fully saturated rings. The molecule has 0 aromatic carbocycles. The smallest absolute Gasteiger partial charge is 0.000780 e. The molecule has 1 nitrogen and oxygen atoms in total. The van der Waals surface area contributed by atoms with Crippen LogP contribution in [0.25, 0.3) is 0 Å². The SMILES string of the molecule is CCCCCCCC1(CNCCC)CCC1. The molecular weight excluding hydrogens is 194 g/mol. The van der Waals surface area contributed by atoms with Crippen LogP contribution < -0.4 is 5.32 Å². The van der Waals surface area contributed by atoms with E-state index in [1.165, 1.54) is 77.3 Å². The summed E-state index contributed by atoms with van der Waals surface area (Å²) in [6.07, 6.45) is 14.4. The van der Waals surface area contributed by atoms with Crippen molar-refractivity contribution >= 4 is 0 Å². The van der Waals surface area contributed by atoms with Crippen LogP contribution in [-0.2, 0) is 0 Å². The Morgan fingerprint density at radius 2 is 1.69 bits per heavy atom. The maximum atomic E-state index is 3.63. The first-order valence-electron chi connectivity index (χ1n) is 7.54. The molecule has 1 N–H and O–H groups in total. The van der Waals surface area contributed by atoms with Crippen molar-refractivity contribution in [3.63, 3.8) is 0 Å². The molecule has 0 unspecified atom stereocenters. The van der Waals surface area contributed by atoms with Crippen LogP contribution in [0.3, 0.4) is 0 Å². The Hall–Kier alpha value is -0.0400. The van der Waals surface area contributed by atoms with Gasteiger partial charge in [-0.1, -0.05) is 52.4 Å². The van der Waals surface area contributed by atoms with Crippen molar-refractivity contribution in [3.05, 3.63) is 0 Å². The summed E-state index contributed by atoms with van der Waals surface area (Å²) in [7, 11) is 0. The molecule has 16 heavy (non-hydrogen) atoms.